The van der Waals surface area contributed by atoms with Crippen molar-refractivity contribution in [3.8, 4) is 12.3 Å². The minimum atomic E-state index is 0.00473. The molecule has 0 fully saturated rings. The fourth-order valence-electron chi connectivity index (χ4n) is 4.02. The molecule has 4 rings (SSSR count). The SMILES string of the molecule is C#CC1=C2C(=C)N(/C(C=N)=C/N)C([C@H](CC)Cc3ncnc4scnc34)=NC2=CCC1. The van der Waals surface area contributed by atoms with Gasteiger partial charge < -0.3 is 11.1 Å². The van der Waals surface area contributed by atoms with Gasteiger partial charge in [0.15, 0.2) is 0 Å². The molecule has 3 heterocycles. The van der Waals surface area contributed by atoms with E-state index in [2.05, 4.69) is 40.5 Å². The molecule has 156 valence electrons. The zero-order valence-electron chi connectivity index (χ0n) is 17.3. The fourth-order valence-corrected chi connectivity index (χ4v) is 4.67. The molecule has 7 nitrogen and oxygen atoms in total. The van der Waals surface area contributed by atoms with Crippen LogP contribution in [0.25, 0.3) is 10.3 Å². The van der Waals surface area contributed by atoms with E-state index in [1.54, 1.807) is 11.8 Å². The lowest BCUT2D eigenvalue weighted by Crippen LogP contribution is -2.40. The van der Waals surface area contributed by atoms with Crippen LogP contribution in [0.2, 0.25) is 0 Å². The highest BCUT2D eigenvalue weighted by Crippen LogP contribution is 2.39. The van der Waals surface area contributed by atoms with Crippen LogP contribution in [0.3, 0.4) is 0 Å². The lowest BCUT2D eigenvalue weighted by atomic mass is 9.88. The van der Waals surface area contributed by atoms with Gasteiger partial charge in [-0.1, -0.05) is 25.5 Å². The molecule has 1 aliphatic carbocycles. The van der Waals surface area contributed by atoms with Crippen molar-refractivity contribution in [1.29, 1.82) is 5.41 Å². The van der Waals surface area contributed by atoms with E-state index in [4.69, 9.17) is 22.6 Å². The van der Waals surface area contributed by atoms with Gasteiger partial charge in [0.2, 0.25) is 0 Å². The molecule has 0 unspecified atom stereocenters. The molecular formula is C23H23N7S. The van der Waals surface area contributed by atoms with Crippen molar-refractivity contribution in [3.05, 3.63) is 64.6 Å². The van der Waals surface area contributed by atoms with Crippen LogP contribution in [-0.2, 0) is 6.42 Å². The monoisotopic (exact) mass is 429 g/mol. The van der Waals surface area contributed by atoms with E-state index >= 15 is 0 Å². The van der Waals surface area contributed by atoms with Crippen LogP contribution in [0, 0.1) is 23.7 Å². The number of nitrogens with two attached hydrogens (primary N) is 1. The van der Waals surface area contributed by atoms with E-state index in [9.17, 15) is 0 Å². The molecule has 0 aromatic carbocycles. The number of fused-ring (bicyclic) bond motifs is 2. The Morgan fingerprint density at radius 3 is 3.00 bits per heavy atom. The van der Waals surface area contributed by atoms with Crippen molar-refractivity contribution in [2.24, 2.45) is 16.6 Å². The molecular weight excluding hydrogens is 406 g/mol. The number of allylic oxidation sites excluding steroid dienone is 3. The van der Waals surface area contributed by atoms with Crippen LogP contribution in [0.5, 0.6) is 0 Å². The van der Waals surface area contributed by atoms with Crippen LogP contribution in [0.1, 0.15) is 31.9 Å². The molecule has 0 saturated heterocycles. The maximum absolute atomic E-state index is 7.90. The third-order valence-corrected chi connectivity index (χ3v) is 6.30. The van der Waals surface area contributed by atoms with E-state index in [0.29, 0.717) is 17.8 Å². The highest BCUT2D eigenvalue weighted by Gasteiger charge is 2.34. The molecule has 2 aliphatic rings. The van der Waals surface area contributed by atoms with Crippen LogP contribution in [0.4, 0.5) is 0 Å². The van der Waals surface area contributed by atoms with Gasteiger partial charge in [0.25, 0.3) is 0 Å². The molecule has 2 aromatic heterocycles. The van der Waals surface area contributed by atoms with Gasteiger partial charge in [-0.2, -0.15) is 0 Å². The molecule has 1 atom stereocenters. The summed E-state index contributed by atoms with van der Waals surface area (Å²) in [6.45, 7) is 6.43. The fraction of sp³-hybridized carbons (Fsp3) is 0.261. The summed E-state index contributed by atoms with van der Waals surface area (Å²) in [5, 5.41) is 7.90. The summed E-state index contributed by atoms with van der Waals surface area (Å²) >= 11 is 1.50. The van der Waals surface area contributed by atoms with Gasteiger partial charge in [0, 0.05) is 35.9 Å². The van der Waals surface area contributed by atoms with E-state index in [1.807, 2.05) is 4.90 Å². The van der Waals surface area contributed by atoms with E-state index < -0.39 is 0 Å². The summed E-state index contributed by atoms with van der Waals surface area (Å²) in [6.07, 6.45) is 15.1. The Hall–Kier alpha value is -3.57. The molecule has 2 aromatic rings. The van der Waals surface area contributed by atoms with Crippen molar-refractivity contribution in [2.75, 3.05) is 0 Å². The Morgan fingerprint density at radius 2 is 2.29 bits per heavy atom. The van der Waals surface area contributed by atoms with E-state index in [0.717, 1.165) is 58.0 Å². The molecule has 31 heavy (non-hydrogen) atoms. The second-order valence-corrected chi connectivity index (χ2v) is 8.08. The summed E-state index contributed by atoms with van der Waals surface area (Å²) < 4.78 is 0. The second kappa shape index (κ2) is 8.66. The number of nitrogens with zero attached hydrogens (tertiary/aromatic N) is 5. The third kappa shape index (κ3) is 3.57. The number of rotatable bonds is 6. The lowest BCUT2D eigenvalue weighted by Gasteiger charge is -2.38. The Labute approximate surface area is 185 Å². The second-order valence-electron chi connectivity index (χ2n) is 7.25. The third-order valence-electron chi connectivity index (χ3n) is 5.57. The Bertz CT molecular complexity index is 1220. The predicted molar refractivity (Wildman–Crippen MR) is 125 cm³/mol. The van der Waals surface area contributed by atoms with E-state index in [-0.39, 0.29) is 5.92 Å². The van der Waals surface area contributed by atoms with Gasteiger partial charge in [-0.05, 0) is 19.3 Å². The number of aromatic nitrogens is 3. The highest BCUT2D eigenvalue weighted by atomic mass is 32.1. The minimum absolute atomic E-state index is 0.00473. The highest BCUT2D eigenvalue weighted by molar-refractivity contribution is 7.16. The van der Waals surface area contributed by atoms with Crippen molar-refractivity contribution >= 4 is 33.7 Å². The number of aliphatic imine (C=N–C) groups is 1. The number of amidine groups is 1. The first-order valence-corrected chi connectivity index (χ1v) is 10.9. The van der Waals surface area contributed by atoms with Crippen LogP contribution in [0.15, 0.2) is 63.9 Å². The number of thiazole rings is 1. The van der Waals surface area contributed by atoms with Crippen LogP contribution < -0.4 is 5.73 Å². The topological polar surface area (TPSA) is 104 Å². The molecule has 3 N–H and O–H groups in total. The Kier molecular flexibility index (Phi) is 5.78. The lowest BCUT2D eigenvalue weighted by molar-refractivity contribution is 0.543. The average Bonchev–Trinajstić information content (AvgIpc) is 3.28. The van der Waals surface area contributed by atoms with Crippen molar-refractivity contribution < 1.29 is 0 Å². The number of nitrogens with one attached hydrogen (secondary N) is 1. The maximum atomic E-state index is 7.90. The van der Waals surface area contributed by atoms with Gasteiger partial charge in [0.1, 0.15) is 22.5 Å². The smallest absolute Gasteiger partial charge is 0.146 e. The first-order chi connectivity index (χ1) is 15.1. The summed E-state index contributed by atoms with van der Waals surface area (Å²) in [6, 6.07) is 0. The molecule has 0 spiro atoms. The van der Waals surface area contributed by atoms with Gasteiger partial charge in [-0.25, -0.2) is 19.9 Å². The molecule has 1 aliphatic heterocycles. The largest absolute Gasteiger partial charge is 0.403 e. The van der Waals surface area contributed by atoms with Crippen molar-refractivity contribution in [2.45, 2.75) is 32.6 Å². The van der Waals surface area contributed by atoms with E-state index in [1.165, 1.54) is 23.8 Å². The standard InChI is InChI=1S/C23H23N7S/c1-4-15-7-6-8-18-20(15)14(3)30(17(10-24)11-25)22(29-18)16(5-2)9-19-21-23(27-12-26-19)31-13-28-21/h1,8,10-13,16,24H,3,5-7,9,25H2,2H3/b17-11+,24-10?/t16-/m1/s1. The van der Waals surface area contributed by atoms with Gasteiger partial charge in [0.05, 0.1) is 28.3 Å². The summed E-state index contributed by atoms with van der Waals surface area (Å²) in [7, 11) is 0. The zero-order valence-corrected chi connectivity index (χ0v) is 18.1. The number of hydrogen-bond donors (Lipinski definition) is 2. The summed E-state index contributed by atoms with van der Waals surface area (Å²) in [4.78, 5) is 21.0. The average molecular weight is 430 g/mol. The first-order valence-electron chi connectivity index (χ1n) is 10.1. The molecule has 0 amide bonds. The number of hydrogen-bond acceptors (Lipinski definition) is 8. The summed E-state index contributed by atoms with van der Waals surface area (Å²) in [5.41, 5.74) is 13.1. The zero-order chi connectivity index (χ0) is 22.0. The van der Waals surface area contributed by atoms with Crippen molar-refractivity contribution in [1.82, 2.24) is 19.9 Å². The minimum Gasteiger partial charge on any atom is -0.403 e. The molecule has 0 bridgehead atoms. The van der Waals surface area contributed by atoms with Crippen LogP contribution >= 0.6 is 11.3 Å². The number of terminal acetylenes is 1. The maximum Gasteiger partial charge on any atom is 0.146 e. The van der Waals surface area contributed by atoms with Gasteiger partial charge >= 0.3 is 0 Å². The molecule has 0 saturated carbocycles. The molecule has 8 heteroatoms. The Balaban J connectivity index is 1.84. The predicted octanol–water partition coefficient (Wildman–Crippen LogP) is 3.94. The normalized spacial score (nSPS) is 17.7. The van der Waals surface area contributed by atoms with Crippen molar-refractivity contribution in [3.63, 3.8) is 0 Å². The van der Waals surface area contributed by atoms with Crippen LogP contribution in [-0.4, -0.2) is 31.9 Å². The Morgan fingerprint density at radius 1 is 1.45 bits per heavy atom. The molecule has 0 radical (unpaired) electrons. The first kappa shape index (κ1) is 20.7. The summed E-state index contributed by atoms with van der Waals surface area (Å²) in [5.74, 6) is 3.58. The van der Waals surface area contributed by atoms with Gasteiger partial charge in [-0.15, -0.1) is 17.8 Å². The quantitative estimate of drug-likeness (QED) is 0.535. The van der Waals surface area contributed by atoms with Gasteiger partial charge in [-0.3, -0.25) is 4.90 Å².